The van der Waals surface area contributed by atoms with Crippen LogP contribution in [0.1, 0.15) is 23.1 Å². The van der Waals surface area contributed by atoms with Gasteiger partial charge in [-0.3, -0.25) is 4.79 Å². The van der Waals surface area contributed by atoms with Crippen molar-refractivity contribution < 1.29 is 4.79 Å². The van der Waals surface area contributed by atoms with Crippen molar-refractivity contribution in [1.29, 1.82) is 0 Å². The van der Waals surface area contributed by atoms with Crippen LogP contribution in [0.5, 0.6) is 0 Å². The smallest absolute Gasteiger partial charge is 0.258 e. The number of imidazole rings is 1. The third kappa shape index (κ3) is 2.82. The number of rotatable bonds is 4. The van der Waals surface area contributed by atoms with Gasteiger partial charge in [-0.05, 0) is 12.1 Å². The summed E-state index contributed by atoms with van der Waals surface area (Å²) in [7, 11) is 0. The molecule has 0 radical (unpaired) electrons. The van der Waals surface area contributed by atoms with Crippen LogP contribution in [0.2, 0.25) is 0 Å². The lowest BCUT2D eigenvalue weighted by Crippen LogP contribution is -2.12. The molecule has 0 spiro atoms. The number of H-pyrrole nitrogens is 1. The summed E-state index contributed by atoms with van der Waals surface area (Å²) in [5.74, 6) is 0.944. The Morgan fingerprint density at radius 1 is 1.24 bits per heavy atom. The Hall–Kier alpha value is -3.62. The minimum Gasteiger partial charge on any atom is -0.340 e. The van der Waals surface area contributed by atoms with Gasteiger partial charge < -0.3 is 10.3 Å². The Labute approximate surface area is 142 Å². The van der Waals surface area contributed by atoms with E-state index in [1.54, 1.807) is 36.9 Å². The van der Waals surface area contributed by atoms with Crippen molar-refractivity contribution in [3.05, 3.63) is 54.5 Å². The number of aromatic amines is 1. The van der Waals surface area contributed by atoms with E-state index < -0.39 is 0 Å². The molecular formula is C16H14N8O. The van der Waals surface area contributed by atoms with E-state index in [4.69, 9.17) is 0 Å². The summed E-state index contributed by atoms with van der Waals surface area (Å²) in [6.07, 6.45) is 8.74. The zero-order valence-electron chi connectivity index (χ0n) is 13.3. The lowest BCUT2D eigenvalue weighted by molar-refractivity contribution is 0.102. The van der Waals surface area contributed by atoms with Crippen molar-refractivity contribution in [3.8, 4) is 5.95 Å². The molecule has 124 valence electrons. The number of hydrogen-bond donors (Lipinski definition) is 2. The maximum absolute atomic E-state index is 12.6. The molecule has 0 aliphatic carbocycles. The molecule has 1 amide bonds. The molecule has 0 saturated heterocycles. The first kappa shape index (κ1) is 14.9. The summed E-state index contributed by atoms with van der Waals surface area (Å²) in [6.45, 7) is 1.98. The van der Waals surface area contributed by atoms with Crippen molar-refractivity contribution >= 4 is 22.8 Å². The number of hydrogen-bond acceptors (Lipinski definition) is 6. The molecule has 9 nitrogen and oxygen atoms in total. The highest BCUT2D eigenvalue weighted by Gasteiger charge is 2.15. The molecule has 4 heterocycles. The minimum atomic E-state index is -0.271. The highest BCUT2D eigenvalue weighted by Crippen LogP contribution is 2.17. The van der Waals surface area contributed by atoms with Gasteiger partial charge in [-0.25, -0.2) is 24.6 Å². The van der Waals surface area contributed by atoms with Crippen LogP contribution >= 0.6 is 0 Å². The number of aromatic nitrogens is 7. The van der Waals surface area contributed by atoms with E-state index in [9.17, 15) is 4.79 Å². The number of carbonyl (C=O) groups excluding carboxylic acids is 1. The Bertz CT molecular complexity index is 1040. The average Bonchev–Trinajstić information content (AvgIpc) is 3.28. The van der Waals surface area contributed by atoms with Crippen molar-refractivity contribution in [2.24, 2.45) is 0 Å². The molecule has 4 rings (SSSR count). The number of nitrogens with one attached hydrogen (secondary N) is 2. The molecule has 0 bridgehead atoms. The number of nitrogens with zero attached hydrogens (tertiary/aromatic N) is 6. The summed E-state index contributed by atoms with van der Waals surface area (Å²) in [4.78, 5) is 32.5. The monoisotopic (exact) mass is 334 g/mol. The van der Waals surface area contributed by atoms with Crippen LogP contribution in [0.4, 0.5) is 5.69 Å². The van der Waals surface area contributed by atoms with Crippen LogP contribution in [0.3, 0.4) is 0 Å². The van der Waals surface area contributed by atoms with Crippen LogP contribution in [-0.2, 0) is 6.42 Å². The van der Waals surface area contributed by atoms with Crippen molar-refractivity contribution in [2.75, 3.05) is 5.32 Å². The number of pyridine rings is 1. The SMILES string of the molecule is CCc1nc2nccc(C(=O)Nc3cnn(-c4ncccn4)c3)c2[nH]1. The predicted molar refractivity (Wildman–Crippen MR) is 90.4 cm³/mol. The van der Waals surface area contributed by atoms with Gasteiger partial charge in [-0.2, -0.15) is 5.10 Å². The van der Waals surface area contributed by atoms with E-state index in [0.29, 0.717) is 28.4 Å². The van der Waals surface area contributed by atoms with Gasteiger partial charge in [0.2, 0.25) is 5.95 Å². The fraction of sp³-hybridized carbons (Fsp3) is 0.125. The highest BCUT2D eigenvalue weighted by atomic mass is 16.1. The number of anilines is 1. The lowest BCUT2D eigenvalue weighted by Gasteiger charge is -2.03. The largest absolute Gasteiger partial charge is 0.340 e. The van der Waals surface area contributed by atoms with E-state index >= 15 is 0 Å². The zero-order valence-corrected chi connectivity index (χ0v) is 13.3. The van der Waals surface area contributed by atoms with Crippen LogP contribution in [0, 0.1) is 0 Å². The molecule has 0 fully saturated rings. The van der Waals surface area contributed by atoms with Gasteiger partial charge in [-0.1, -0.05) is 6.92 Å². The molecular weight excluding hydrogens is 320 g/mol. The molecule has 0 atom stereocenters. The summed E-state index contributed by atoms with van der Waals surface area (Å²) < 4.78 is 1.49. The van der Waals surface area contributed by atoms with E-state index in [-0.39, 0.29) is 5.91 Å². The Morgan fingerprint density at radius 3 is 2.88 bits per heavy atom. The van der Waals surface area contributed by atoms with Crippen molar-refractivity contribution in [3.63, 3.8) is 0 Å². The maximum atomic E-state index is 12.6. The highest BCUT2D eigenvalue weighted by molar-refractivity contribution is 6.10. The molecule has 25 heavy (non-hydrogen) atoms. The van der Waals surface area contributed by atoms with Crippen molar-refractivity contribution in [1.82, 2.24) is 34.7 Å². The van der Waals surface area contributed by atoms with Gasteiger partial charge >= 0.3 is 0 Å². The first-order valence-corrected chi connectivity index (χ1v) is 7.71. The quantitative estimate of drug-likeness (QED) is 0.587. The van der Waals surface area contributed by atoms with Gasteiger partial charge in [0.1, 0.15) is 5.82 Å². The standard InChI is InChI=1S/C16H14N8O/c1-2-12-22-13-11(4-7-17-14(13)23-12)15(25)21-10-8-20-24(9-10)16-18-5-3-6-19-16/h3-9H,2H2,1H3,(H,21,25)(H,17,22,23). The first-order chi connectivity index (χ1) is 12.2. The molecule has 4 aromatic heterocycles. The fourth-order valence-corrected chi connectivity index (χ4v) is 2.42. The van der Waals surface area contributed by atoms with Gasteiger partial charge in [0.15, 0.2) is 5.65 Å². The number of aryl methyl sites for hydroxylation is 1. The number of fused-ring (bicyclic) bond motifs is 1. The second-order valence-corrected chi connectivity index (χ2v) is 5.27. The van der Waals surface area contributed by atoms with Gasteiger partial charge in [0.05, 0.1) is 29.2 Å². The Morgan fingerprint density at radius 2 is 2.08 bits per heavy atom. The van der Waals surface area contributed by atoms with E-state index in [0.717, 1.165) is 12.2 Å². The molecule has 2 N–H and O–H groups in total. The lowest BCUT2D eigenvalue weighted by atomic mass is 10.2. The molecule has 0 aromatic carbocycles. The molecule has 4 aromatic rings. The molecule has 0 unspecified atom stereocenters. The van der Waals surface area contributed by atoms with Gasteiger partial charge in [-0.15, -0.1) is 0 Å². The summed E-state index contributed by atoms with van der Waals surface area (Å²) in [5.41, 5.74) is 2.16. The average molecular weight is 334 g/mol. The molecule has 0 aliphatic rings. The summed E-state index contributed by atoms with van der Waals surface area (Å²) in [6, 6.07) is 3.37. The van der Waals surface area contributed by atoms with Crippen LogP contribution in [-0.4, -0.2) is 40.6 Å². The maximum Gasteiger partial charge on any atom is 0.258 e. The Balaban J connectivity index is 1.61. The van der Waals surface area contributed by atoms with Crippen LogP contribution < -0.4 is 5.32 Å². The zero-order chi connectivity index (χ0) is 17.2. The van der Waals surface area contributed by atoms with E-state index in [1.165, 1.54) is 10.9 Å². The second kappa shape index (κ2) is 6.11. The normalized spacial score (nSPS) is 10.9. The van der Waals surface area contributed by atoms with E-state index in [1.807, 2.05) is 6.92 Å². The Kier molecular flexibility index (Phi) is 3.65. The predicted octanol–water partition coefficient (Wildman–Crippen LogP) is 1.75. The van der Waals surface area contributed by atoms with Gasteiger partial charge in [0, 0.05) is 25.0 Å². The topological polar surface area (TPSA) is 114 Å². The third-order valence-corrected chi connectivity index (χ3v) is 3.62. The molecule has 9 heteroatoms. The van der Waals surface area contributed by atoms with Crippen LogP contribution in [0.25, 0.3) is 17.1 Å². The molecule has 0 aliphatic heterocycles. The number of carbonyl (C=O) groups is 1. The summed E-state index contributed by atoms with van der Waals surface area (Å²) >= 11 is 0. The first-order valence-electron chi connectivity index (χ1n) is 7.71. The van der Waals surface area contributed by atoms with Crippen molar-refractivity contribution in [2.45, 2.75) is 13.3 Å². The molecule has 0 saturated carbocycles. The minimum absolute atomic E-state index is 0.271. The summed E-state index contributed by atoms with van der Waals surface area (Å²) in [5, 5.41) is 6.97. The van der Waals surface area contributed by atoms with Crippen LogP contribution in [0.15, 0.2) is 43.1 Å². The third-order valence-electron chi connectivity index (χ3n) is 3.62. The number of amides is 1. The van der Waals surface area contributed by atoms with Gasteiger partial charge in [0.25, 0.3) is 5.91 Å². The second-order valence-electron chi connectivity index (χ2n) is 5.27. The van der Waals surface area contributed by atoms with E-state index in [2.05, 4.69) is 35.3 Å². The fourth-order valence-electron chi connectivity index (χ4n) is 2.42.